The van der Waals surface area contributed by atoms with Crippen LogP contribution in [0.2, 0.25) is 10.0 Å². The minimum Gasteiger partial charge on any atom is -0.465 e. The van der Waals surface area contributed by atoms with Crippen LogP contribution >= 0.6 is 23.2 Å². The van der Waals surface area contributed by atoms with Crippen LogP contribution < -0.4 is 5.32 Å². The van der Waals surface area contributed by atoms with Crippen molar-refractivity contribution in [1.29, 1.82) is 0 Å². The molecule has 1 aliphatic heterocycles. The van der Waals surface area contributed by atoms with Crippen LogP contribution in [0, 0.1) is 5.92 Å². The van der Waals surface area contributed by atoms with Crippen LogP contribution in [-0.2, 0) is 9.53 Å². The van der Waals surface area contributed by atoms with Gasteiger partial charge in [-0.15, -0.1) is 0 Å². The summed E-state index contributed by atoms with van der Waals surface area (Å²) in [5, 5.41) is 3.45. The van der Waals surface area contributed by atoms with Crippen molar-refractivity contribution in [1.82, 2.24) is 5.32 Å². The third-order valence-electron chi connectivity index (χ3n) is 3.35. The van der Waals surface area contributed by atoms with Crippen molar-refractivity contribution in [2.24, 2.45) is 10.9 Å². The first kappa shape index (κ1) is 16.8. The molecular weight excluding hydrogens is 327 g/mol. The Balaban J connectivity index is 2.36. The van der Waals surface area contributed by atoms with E-state index in [9.17, 15) is 9.59 Å². The third kappa shape index (κ3) is 3.59. The maximum absolute atomic E-state index is 12.3. The highest BCUT2D eigenvalue weighted by atomic mass is 35.5. The molecule has 0 aliphatic carbocycles. The number of nitrogens with one attached hydrogen (secondary N) is 1. The number of nitrogens with zero attached hydrogens (tertiary/aromatic N) is 1. The third-order valence-corrected chi connectivity index (χ3v) is 4.08. The zero-order valence-electron chi connectivity index (χ0n) is 12.2. The standard InChI is InChI=1S/C15H16Cl2N2O3/c1-3-6-22-14(20)12-8(2)18-15(21)19-13(12)9-4-5-10(16)11(17)7-9/h4-5,7,12-13H,3,6H2,1-2H3,(H,19,21). The first-order valence-electron chi connectivity index (χ1n) is 6.91. The lowest BCUT2D eigenvalue weighted by molar-refractivity contribution is -0.147. The lowest BCUT2D eigenvalue weighted by Gasteiger charge is -2.29. The summed E-state index contributed by atoms with van der Waals surface area (Å²) in [6.45, 7) is 3.87. The molecule has 0 bridgehead atoms. The number of halogens is 2. The van der Waals surface area contributed by atoms with Crippen LogP contribution in [0.4, 0.5) is 4.79 Å². The normalized spacial score (nSPS) is 21.1. The molecule has 0 saturated heterocycles. The van der Waals surface area contributed by atoms with Crippen LogP contribution in [0.3, 0.4) is 0 Å². The highest BCUT2D eigenvalue weighted by Gasteiger charge is 2.38. The lowest BCUT2D eigenvalue weighted by Crippen LogP contribution is -2.44. The molecule has 1 aliphatic rings. The number of urea groups is 1. The predicted molar refractivity (Wildman–Crippen MR) is 85.6 cm³/mol. The molecule has 1 aromatic carbocycles. The maximum atomic E-state index is 12.3. The van der Waals surface area contributed by atoms with Crippen LogP contribution in [0.5, 0.6) is 0 Å². The number of benzene rings is 1. The molecule has 1 N–H and O–H groups in total. The molecule has 5 nitrogen and oxygen atoms in total. The Morgan fingerprint density at radius 1 is 1.36 bits per heavy atom. The van der Waals surface area contributed by atoms with E-state index in [-0.39, 0.29) is 0 Å². The number of esters is 1. The number of carbonyl (C=O) groups is 2. The minimum atomic E-state index is -0.679. The second-order valence-corrected chi connectivity index (χ2v) is 5.81. The molecule has 118 valence electrons. The second kappa shape index (κ2) is 7.11. The van der Waals surface area contributed by atoms with Crippen molar-refractivity contribution in [3.8, 4) is 0 Å². The van der Waals surface area contributed by atoms with E-state index in [0.717, 1.165) is 6.42 Å². The molecule has 2 unspecified atom stereocenters. The van der Waals surface area contributed by atoms with Crippen molar-refractivity contribution >= 4 is 40.9 Å². The summed E-state index contributed by atoms with van der Waals surface area (Å²) in [5.41, 5.74) is 1.09. The molecule has 1 heterocycles. The van der Waals surface area contributed by atoms with Crippen LogP contribution in [-0.4, -0.2) is 24.3 Å². The number of rotatable bonds is 4. The molecule has 1 aromatic rings. The number of ether oxygens (including phenoxy) is 1. The Kier molecular flexibility index (Phi) is 5.42. The zero-order chi connectivity index (χ0) is 16.3. The fourth-order valence-electron chi connectivity index (χ4n) is 2.30. The van der Waals surface area contributed by atoms with Gasteiger partial charge in [0.2, 0.25) is 0 Å². The highest BCUT2D eigenvalue weighted by molar-refractivity contribution is 6.42. The SMILES string of the molecule is CCCOC(=O)C1C(C)=NC(=O)NC1c1ccc(Cl)c(Cl)c1. The number of carbonyl (C=O) groups excluding carboxylic acids is 2. The average Bonchev–Trinajstić information content (AvgIpc) is 2.46. The van der Waals surface area contributed by atoms with E-state index in [0.29, 0.717) is 27.9 Å². The molecule has 0 aromatic heterocycles. The van der Waals surface area contributed by atoms with Crippen molar-refractivity contribution in [3.63, 3.8) is 0 Å². The van der Waals surface area contributed by atoms with Crippen molar-refractivity contribution in [3.05, 3.63) is 33.8 Å². The first-order chi connectivity index (χ1) is 10.4. The fraction of sp³-hybridized carbons (Fsp3) is 0.400. The van der Waals surface area contributed by atoms with Crippen LogP contribution in [0.1, 0.15) is 31.9 Å². The van der Waals surface area contributed by atoms with Crippen LogP contribution in [0.25, 0.3) is 0 Å². The van der Waals surface area contributed by atoms with Gasteiger partial charge in [0.1, 0.15) is 5.92 Å². The minimum absolute atomic E-state index is 0.324. The molecule has 22 heavy (non-hydrogen) atoms. The van der Waals surface area contributed by atoms with Gasteiger partial charge in [0.25, 0.3) is 0 Å². The summed E-state index contributed by atoms with van der Waals surface area (Å²) in [5.74, 6) is -1.10. The molecule has 0 spiro atoms. The largest absolute Gasteiger partial charge is 0.465 e. The molecular formula is C15H16Cl2N2O3. The van der Waals surface area contributed by atoms with Gasteiger partial charge in [0, 0.05) is 5.71 Å². The first-order valence-corrected chi connectivity index (χ1v) is 7.67. The molecule has 2 amide bonds. The summed E-state index contributed by atoms with van der Waals surface area (Å²) >= 11 is 11.9. The van der Waals surface area contributed by atoms with Gasteiger partial charge in [-0.3, -0.25) is 4.79 Å². The van der Waals surface area contributed by atoms with Gasteiger partial charge in [-0.25, -0.2) is 9.79 Å². The summed E-state index contributed by atoms with van der Waals surface area (Å²) in [4.78, 5) is 27.8. The Bertz CT molecular complexity index is 631. The topological polar surface area (TPSA) is 67.8 Å². The maximum Gasteiger partial charge on any atom is 0.341 e. The van der Waals surface area contributed by atoms with E-state index in [2.05, 4.69) is 10.3 Å². The van der Waals surface area contributed by atoms with Crippen LogP contribution in [0.15, 0.2) is 23.2 Å². The molecule has 2 rings (SSSR count). The van der Waals surface area contributed by atoms with Crippen molar-refractivity contribution in [2.75, 3.05) is 6.61 Å². The van der Waals surface area contributed by atoms with E-state index in [4.69, 9.17) is 27.9 Å². The number of amides is 2. The van der Waals surface area contributed by atoms with Crippen molar-refractivity contribution in [2.45, 2.75) is 26.3 Å². The smallest absolute Gasteiger partial charge is 0.341 e. The predicted octanol–water partition coefficient (Wildman–Crippen LogP) is 3.79. The van der Waals surface area contributed by atoms with Gasteiger partial charge in [-0.2, -0.15) is 0 Å². The van der Waals surface area contributed by atoms with E-state index < -0.39 is 24.0 Å². The molecule has 7 heteroatoms. The van der Waals surface area contributed by atoms with Gasteiger partial charge in [-0.05, 0) is 31.0 Å². The van der Waals surface area contributed by atoms with E-state index >= 15 is 0 Å². The Morgan fingerprint density at radius 2 is 2.09 bits per heavy atom. The summed E-state index contributed by atoms with van der Waals surface area (Å²) < 4.78 is 5.21. The van der Waals surface area contributed by atoms with E-state index in [1.54, 1.807) is 25.1 Å². The van der Waals surface area contributed by atoms with E-state index in [1.807, 2.05) is 6.92 Å². The van der Waals surface area contributed by atoms with Gasteiger partial charge < -0.3 is 10.1 Å². The highest BCUT2D eigenvalue weighted by Crippen LogP contribution is 2.32. The average molecular weight is 343 g/mol. The molecule has 2 atom stereocenters. The Hall–Kier alpha value is -1.59. The quantitative estimate of drug-likeness (QED) is 0.846. The van der Waals surface area contributed by atoms with Gasteiger partial charge in [0.15, 0.2) is 0 Å². The summed E-state index contributed by atoms with van der Waals surface area (Å²) in [6, 6.07) is 3.91. The molecule has 0 saturated carbocycles. The number of hydrogen-bond acceptors (Lipinski definition) is 3. The monoisotopic (exact) mass is 342 g/mol. The Morgan fingerprint density at radius 3 is 2.73 bits per heavy atom. The van der Waals surface area contributed by atoms with Gasteiger partial charge in [-0.1, -0.05) is 36.2 Å². The fourth-order valence-corrected chi connectivity index (χ4v) is 2.61. The van der Waals surface area contributed by atoms with Crippen molar-refractivity contribution < 1.29 is 14.3 Å². The lowest BCUT2D eigenvalue weighted by atomic mass is 9.88. The molecule has 0 fully saturated rings. The van der Waals surface area contributed by atoms with Gasteiger partial charge in [0.05, 0.1) is 22.7 Å². The summed E-state index contributed by atoms with van der Waals surface area (Å²) in [7, 11) is 0. The number of hydrogen-bond donors (Lipinski definition) is 1. The van der Waals surface area contributed by atoms with E-state index in [1.165, 1.54) is 0 Å². The Labute approximate surface area is 138 Å². The summed E-state index contributed by atoms with van der Waals surface area (Å²) in [6.07, 6.45) is 0.721. The second-order valence-electron chi connectivity index (χ2n) is 5.00. The van der Waals surface area contributed by atoms with Gasteiger partial charge >= 0.3 is 12.0 Å². The zero-order valence-corrected chi connectivity index (χ0v) is 13.7. The molecule has 0 radical (unpaired) electrons. The number of aliphatic imine (C=N–C) groups is 1.